The first-order valence-electron chi connectivity index (χ1n) is 6.67. The molecule has 4 rings (SSSR count). The van der Waals surface area contributed by atoms with Gasteiger partial charge in [0.25, 0.3) is 0 Å². The molecule has 0 aliphatic heterocycles. The van der Waals surface area contributed by atoms with E-state index in [1.165, 1.54) is 16.9 Å². The van der Waals surface area contributed by atoms with Gasteiger partial charge < -0.3 is 0 Å². The number of nitrogens with one attached hydrogen (secondary N) is 1. The second-order valence-corrected chi connectivity index (χ2v) is 6.89. The monoisotopic (exact) mass is 328 g/mol. The first kappa shape index (κ1) is 13.4. The van der Waals surface area contributed by atoms with Gasteiger partial charge in [-0.15, -0.1) is 26.6 Å². The van der Waals surface area contributed by atoms with E-state index in [1.54, 1.807) is 11.3 Å². The molecule has 0 unspecified atom stereocenters. The summed E-state index contributed by atoms with van der Waals surface area (Å²) in [5, 5.41) is 19.3. The number of hydrogen-bond donors (Lipinski definition) is 1. The number of thiazole rings is 1. The van der Waals surface area contributed by atoms with Gasteiger partial charge in [-0.25, -0.2) is 4.52 Å². The summed E-state index contributed by atoms with van der Waals surface area (Å²) < 4.78 is 1.85. The average molecular weight is 328 g/mol. The van der Waals surface area contributed by atoms with E-state index >= 15 is 0 Å². The zero-order valence-electron chi connectivity index (χ0n) is 11.9. The van der Waals surface area contributed by atoms with Crippen LogP contribution in [0, 0.1) is 13.8 Å². The molecule has 0 bridgehead atoms. The van der Waals surface area contributed by atoms with Crippen molar-refractivity contribution in [3.63, 3.8) is 0 Å². The van der Waals surface area contributed by atoms with Gasteiger partial charge >= 0.3 is 0 Å². The summed E-state index contributed by atoms with van der Waals surface area (Å²) in [5.41, 5.74) is 3.40. The van der Waals surface area contributed by atoms with Gasteiger partial charge in [-0.05, 0) is 13.8 Å². The number of hydrogen-bond acceptors (Lipinski definition) is 7. The number of nitrogens with zero attached hydrogens (tertiary/aromatic N) is 5. The summed E-state index contributed by atoms with van der Waals surface area (Å²) >= 11 is 3.04. The molecule has 0 atom stereocenters. The fourth-order valence-corrected chi connectivity index (χ4v) is 3.52. The van der Waals surface area contributed by atoms with Crippen LogP contribution in [-0.2, 0) is 0 Å². The van der Waals surface area contributed by atoms with Gasteiger partial charge in [-0.3, -0.25) is 5.32 Å². The fraction of sp³-hybridized carbons (Fsp3) is 0.143. The average Bonchev–Trinajstić information content (AvgIpc) is 3.16. The molecule has 0 saturated carbocycles. The molecule has 3 heterocycles. The highest BCUT2D eigenvalue weighted by Gasteiger charge is 2.12. The number of anilines is 2. The highest BCUT2D eigenvalue weighted by Crippen LogP contribution is 2.27. The minimum absolute atomic E-state index is 0.538. The smallest absolute Gasteiger partial charge is 0.250 e. The SMILES string of the molecule is Cc1ccc(-c2csc3nc(Nc4nnc(C)s4)nn23)cc1. The van der Waals surface area contributed by atoms with Crippen LogP contribution in [0.25, 0.3) is 16.2 Å². The maximum absolute atomic E-state index is 4.52. The second kappa shape index (κ2) is 5.15. The summed E-state index contributed by atoms with van der Waals surface area (Å²) in [7, 11) is 0. The van der Waals surface area contributed by atoms with E-state index in [2.05, 4.69) is 62.2 Å². The Bertz CT molecular complexity index is 934. The third-order valence-corrected chi connectivity index (χ3v) is 4.74. The Morgan fingerprint density at radius 1 is 1.09 bits per heavy atom. The normalized spacial score (nSPS) is 11.2. The van der Waals surface area contributed by atoms with Gasteiger partial charge in [0.1, 0.15) is 5.01 Å². The van der Waals surface area contributed by atoms with Gasteiger partial charge in [0.05, 0.1) is 5.69 Å². The van der Waals surface area contributed by atoms with Crippen molar-refractivity contribution < 1.29 is 0 Å². The molecule has 0 saturated heterocycles. The lowest BCUT2D eigenvalue weighted by Gasteiger charge is -1.99. The minimum atomic E-state index is 0.538. The summed E-state index contributed by atoms with van der Waals surface area (Å²) in [6, 6.07) is 8.39. The topological polar surface area (TPSA) is 68.0 Å². The van der Waals surface area contributed by atoms with E-state index in [1.807, 2.05) is 11.4 Å². The van der Waals surface area contributed by atoms with Crippen LogP contribution in [0.4, 0.5) is 11.1 Å². The van der Waals surface area contributed by atoms with Crippen molar-refractivity contribution in [2.75, 3.05) is 5.32 Å². The molecule has 0 spiro atoms. The first-order chi connectivity index (χ1) is 10.7. The van der Waals surface area contributed by atoms with Crippen molar-refractivity contribution in [1.29, 1.82) is 0 Å². The predicted octanol–water partition coefficient (Wildman–Crippen LogP) is 3.67. The molecule has 8 heteroatoms. The maximum atomic E-state index is 4.52. The van der Waals surface area contributed by atoms with Crippen molar-refractivity contribution in [3.05, 3.63) is 40.2 Å². The molecule has 1 aromatic carbocycles. The van der Waals surface area contributed by atoms with E-state index in [9.17, 15) is 0 Å². The Kier molecular flexibility index (Phi) is 3.12. The Hall–Kier alpha value is -2.32. The van der Waals surface area contributed by atoms with Gasteiger partial charge in [-0.2, -0.15) is 4.98 Å². The van der Waals surface area contributed by atoms with E-state index in [-0.39, 0.29) is 0 Å². The van der Waals surface area contributed by atoms with Crippen LogP contribution in [0.15, 0.2) is 29.6 Å². The van der Waals surface area contributed by atoms with Crippen LogP contribution < -0.4 is 5.32 Å². The third-order valence-electron chi connectivity index (χ3n) is 3.17. The lowest BCUT2D eigenvalue weighted by atomic mass is 10.1. The molecule has 0 fully saturated rings. The molecule has 0 radical (unpaired) electrons. The first-order valence-corrected chi connectivity index (χ1v) is 8.37. The summed E-state index contributed by atoms with van der Waals surface area (Å²) in [6.07, 6.45) is 0. The van der Waals surface area contributed by atoms with Crippen LogP contribution in [0.5, 0.6) is 0 Å². The Balaban J connectivity index is 1.71. The van der Waals surface area contributed by atoms with Gasteiger partial charge in [-0.1, -0.05) is 41.2 Å². The largest absolute Gasteiger partial charge is 0.297 e. The number of fused-ring (bicyclic) bond motifs is 1. The quantitative estimate of drug-likeness (QED) is 0.621. The van der Waals surface area contributed by atoms with Gasteiger partial charge in [0.2, 0.25) is 16.0 Å². The molecule has 0 amide bonds. The highest BCUT2D eigenvalue weighted by atomic mass is 32.1. The second-order valence-electron chi connectivity index (χ2n) is 4.87. The van der Waals surface area contributed by atoms with Gasteiger partial charge in [0, 0.05) is 10.9 Å². The van der Waals surface area contributed by atoms with Crippen molar-refractivity contribution >= 4 is 38.7 Å². The van der Waals surface area contributed by atoms with E-state index < -0.39 is 0 Å². The molecule has 22 heavy (non-hydrogen) atoms. The van der Waals surface area contributed by atoms with Crippen molar-refractivity contribution in [3.8, 4) is 11.3 Å². The summed E-state index contributed by atoms with van der Waals surface area (Å²) in [6.45, 7) is 3.99. The number of aromatic nitrogens is 5. The van der Waals surface area contributed by atoms with Crippen molar-refractivity contribution in [2.24, 2.45) is 0 Å². The standard InChI is InChI=1S/C14H12N6S2/c1-8-3-5-10(6-4-8)11-7-21-14-16-12(19-20(11)14)15-13-18-17-9(2)22-13/h3-7H,1-2H3,(H,15,18,19). The molecule has 6 nitrogen and oxygen atoms in total. The molecule has 4 aromatic rings. The number of rotatable bonds is 3. The predicted molar refractivity (Wildman–Crippen MR) is 89.0 cm³/mol. The molecule has 3 aromatic heterocycles. The van der Waals surface area contributed by atoms with Crippen LogP contribution in [0.2, 0.25) is 0 Å². The lowest BCUT2D eigenvalue weighted by molar-refractivity contribution is 0.984. The lowest BCUT2D eigenvalue weighted by Crippen LogP contribution is -1.94. The molecular formula is C14H12N6S2. The van der Waals surface area contributed by atoms with Crippen molar-refractivity contribution in [2.45, 2.75) is 13.8 Å². The van der Waals surface area contributed by atoms with Crippen LogP contribution in [0.3, 0.4) is 0 Å². The van der Waals surface area contributed by atoms with Crippen LogP contribution >= 0.6 is 22.7 Å². The third kappa shape index (κ3) is 2.36. The summed E-state index contributed by atoms with van der Waals surface area (Å²) in [5.74, 6) is 0.538. The van der Waals surface area contributed by atoms with Crippen LogP contribution in [0.1, 0.15) is 10.6 Å². The van der Waals surface area contributed by atoms with E-state index in [4.69, 9.17) is 0 Å². The molecule has 0 aliphatic rings. The number of benzene rings is 1. The molecule has 110 valence electrons. The molecule has 0 aliphatic carbocycles. The fourth-order valence-electron chi connectivity index (χ4n) is 2.10. The highest BCUT2D eigenvalue weighted by molar-refractivity contribution is 7.15. The van der Waals surface area contributed by atoms with E-state index in [0.717, 1.165) is 21.2 Å². The Morgan fingerprint density at radius 2 is 1.91 bits per heavy atom. The Labute approximate surface area is 134 Å². The minimum Gasteiger partial charge on any atom is -0.297 e. The molecular weight excluding hydrogens is 316 g/mol. The Morgan fingerprint density at radius 3 is 2.64 bits per heavy atom. The van der Waals surface area contributed by atoms with E-state index in [0.29, 0.717) is 11.1 Å². The van der Waals surface area contributed by atoms with Crippen molar-refractivity contribution in [1.82, 2.24) is 24.8 Å². The zero-order chi connectivity index (χ0) is 15.1. The summed E-state index contributed by atoms with van der Waals surface area (Å²) in [4.78, 5) is 5.33. The van der Waals surface area contributed by atoms with Crippen LogP contribution in [-0.4, -0.2) is 24.8 Å². The maximum Gasteiger partial charge on any atom is 0.250 e. The zero-order valence-corrected chi connectivity index (χ0v) is 13.6. The number of aryl methyl sites for hydroxylation is 2. The molecule has 1 N–H and O–H groups in total. The van der Waals surface area contributed by atoms with Gasteiger partial charge in [0.15, 0.2) is 0 Å².